The van der Waals surface area contributed by atoms with Crippen molar-refractivity contribution in [2.24, 2.45) is 11.8 Å². The van der Waals surface area contributed by atoms with Crippen LogP contribution in [0.1, 0.15) is 107 Å². The average molecular weight is 729 g/mol. The molecule has 0 aliphatic heterocycles. The van der Waals surface area contributed by atoms with Gasteiger partial charge in [-0.1, -0.05) is 102 Å². The number of rotatable bonds is 17. The number of nitrogens with zero attached hydrogens (tertiary/aromatic N) is 2. The average Bonchev–Trinajstić information content (AvgIpc) is 3.14. The van der Waals surface area contributed by atoms with Crippen molar-refractivity contribution in [1.82, 2.24) is 0 Å². The third-order valence-electron chi connectivity index (χ3n) is 11.3. The van der Waals surface area contributed by atoms with Gasteiger partial charge in [0, 0.05) is 59.1 Å². The molecular formula is C48H60N2O4. The summed E-state index contributed by atoms with van der Waals surface area (Å²) >= 11 is 0. The van der Waals surface area contributed by atoms with Crippen molar-refractivity contribution >= 4 is 34.2 Å². The van der Waals surface area contributed by atoms with E-state index < -0.39 is 5.78 Å². The minimum Gasteiger partial charge on any atom is -0.507 e. The van der Waals surface area contributed by atoms with E-state index in [4.69, 9.17) is 0 Å². The number of aliphatic hydroxyl groups excluding tert-OH is 1. The Morgan fingerprint density at radius 2 is 1.20 bits per heavy atom. The third kappa shape index (κ3) is 8.75. The summed E-state index contributed by atoms with van der Waals surface area (Å²) in [6, 6.07) is 18.1. The zero-order chi connectivity index (χ0) is 39.1. The molecule has 0 spiro atoms. The predicted octanol–water partition coefficient (Wildman–Crippen LogP) is 11.9. The lowest BCUT2D eigenvalue weighted by atomic mass is 9.79. The van der Waals surface area contributed by atoms with E-state index in [2.05, 4.69) is 102 Å². The molecule has 0 bridgehead atoms. The highest BCUT2D eigenvalue weighted by molar-refractivity contribution is 6.41. The van der Waals surface area contributed by atoms with Crippen LogP contribution in [-0.4, -0.2) is 34.9 Å². The molecule has 286 valence electrons. The molecule has 0 fully saturated rings. The van der Waals surface area contributed by atoms with E-state index in [0.29, 0.717) is 11.8 Å². The molecule has 0 saturated carbocycles. The Kier molecular flexibility index (Phi) is 13.4. The van der Waals surface area contributed by atoms with Crippen LogP contribution in [0.5, 0.6) is 5.75 Å². The summed E-state index contributed by atoms with van der Waals surface area (Å²) < 4.78 is 0. The van der Waals surface area contributed by atoms with Crippen LogP contribution in [0.4, 0.5) is 17.1 Å². The molecule has 6 heteroatoms. The minimum atomic E-state index is -0.450. The van der Waals surface area contributed by atoms with Crippen LogP contribution in [-0.2, 0) is 9.59 Å². The number of benzene rings is 3. The van der Waals surface area contributed by atoms with Gasteiger partial charge in [0.15, 0.2) is 5.78 Å². The van der Waals surface area contributed by atoms with E-state index >= 15 is 0 Å². The van der Waals surface area contributed by atoms with E-state index in [9.17, 15) is 19.8 Å². The number of aromatic hydroxyl groups is 1. The smallest absolute Gasteiger partial charge is 0.202 e. The van der Waals surface area contributed by atoms with Gasteiger partial charge in [0.05, 0.1) is 11.1 Å². The number of hydrogen-bond donors (Lipinski definition) is 2. The normalized spacial score (nSPS) is 16.7. The summed E-state index contributed by atoms with van der Waals surface area (Å²) in [6.07, 6.45) is 14.0. The molecule has 5 rings (SSSR count). The van der Waals surface area contributed by atoms with E-state index in [1.54, 1.807) is 24.3 Å². The quantitative estimate of drug-likeness (QED) is 0.135. The van der Waals surface area contributed by atoms with Crippen LogP contribution in [0.15, 0.2) is 95.4 Å². The van der Waals surface area contributed by atoms with E-state index in [1.165, 1.54) is 11.1 Å². The van der Waals surface area contributed by atoms with Gasteiger partial charge in [-0.15, -0.1) is 0 Å². The molecule has 3 aromatic rings. The van der Waals surface area contributed by atoms with Crippen molar-refractivity contribution in [1.29, 1.82) is 0 Å². The number of ketones is 2. The number of anilines is 3. The Labute approximate surface area is 323 Å². The second-order valence-corrected chi connectivity index (χ2v) is 15.4. The maximum atomic E-state index is 13.8. The third-order valence-corrected chi connectivity index (χ3v) is 11.3. The molecule has 2 unspecified atom stereocenters. The van der Waals surface area contributed by atoms with Crippen molar-refractivity contribution in [3.05, 3.63) is 123 Å². The molecule has 2 atom stereocenters. The van der Waals surface area contributed by atoms with Crippen molar-refractivity contribution in [2.75, 3.05) is 22.9 Å². The van der Waals surface area contributed by atoms with E-state index in [0.717, 1.165) is 98.3 Å². The predicted molar refractivity (Wildman–Crippen MR) is 225 cm³/mol. The molecular weight excluding hydrogens is 669 g/mol. The number of carbonyl (C=O) groups excluding carboxylic acids is 2. The summed E-state index contributed by atoms with van der Waals surface area (Å²) in [5, 5.41) is 22.8. The standard InChI is InChI=1S/C48H60N2O4/c1-9-13-15-35(11-3)29-49(41-23-17-31(5)25-33(41)7)37-19-21-39(43(51)27-37)45-47(53)46(48(45)54)40-22-20-38(28-44(40)52)50(30-36(12-4)16-14-10-2)42-24-18-32(6)26-34(42)8/h17-28,35-36,51,53H,9-16,29-30H2,1-8H3/b46-40-. The lowest BCUT2D eigenvalue weighted by molar-refractivity contribution is -0.114. The highest BCUT2D eigenvalue weighted by Crippen LogP contribution is 2.44. The molecule has 0 amide bonds. The second-order valence-electron chi connectivity index (χ2n) is 15.4. The van der Waals surface area contributed by atoms with Gasteiger partial charge in [-0.2, -0.15) is 0 Å². The Hall–Kier alpha value is -4.84. The second kappa shape index (κ2) is 18.0. The van der Waals surface area contributed by atoms with Gasteiger partial charge >= 0.3 is 0 Å². The number of Topliss-reactive ketones (excluding diaryl/α,β-unsaturated/α-hetero) is 1. The van der Waals surface area contributed by atoms with E-state index in [1.807, 2.05) is 12.1 Å². The summed E-state index contributed by atoms with van der Waals surface area (Å²) in [5.74, 6) is -0.197. The van der Waals surface area contributed by atoms with Crippen LogP contribution < -0.4 is 9.80 Å². The van der Waals surface area contributed by atoms with Crippen molar-refractivity contribution < 1.29 is 19.8 Å². The molecule has 0 radical (unpaired) electrons. The van der Waals surface area contributed by atoms with Gasteiger partial charge in [0.2, 0.25) is 5.78 Å². The molecule has 54 heavy (non-hydrogen) atoms. The Morgan fingerprint density at radius 1 is 0.648 bits per heavy atom. The van der Waals surface area contributed by atoms with Crippen LogP contribution >= 0.6 is 0 Å². The molecule has 2 N–H and O–H groups in total. The number of aryl methyl sites for hydroxylation is 4. The van der Waals surface area contributed by atoms with Crippen molar-refractivity contribution in [3.63, 3.8) is 0 Å². The summed E-state index contributed by atoms with van der Waals surface area (Å²) in [7, 11) is 0. The Morgan fingerprint density at radius 3 is 1.69 bits per heavy atom. The van der Waals surface area contributed by atoms with Gasteiger partial charge < -0.3 is 20.0 Å². The minimum absolute atomic E-state index is 0.00362. The lowest BCUT2D eigenvalue weighted by Gasteiger charge is -2.33. The van der Waals surface area contributed by atoms with Crippen molar-refractivity contribution in [3.8, 4) is 5.75 Å². The fraction of sp³-hybridized carbons (Fsp3) is 0.417. The summed E-state index contributed by atoms with van der Waals surface area (Å²) in [4.78, 5) is 32.0. The monoisotopic (exact) mass is 728 g/mol. The lowest BCUT2D eigenvalue weighted by Crippen LogP contribution is -2.31. The highest BCUT2D eigenvalue weighted by atomic mass is 16.3. The SMILES string of the molecule is CCCCC(CC)CN(C1=CC(=O)/C(=C2\C(=O)C(c3ccc(N(CC(CC)CCCC)c4ccc(C)cc4C)cc3O)=C2O)C=C1)c1ccc(C)cc1C. The Bertz CT molecular complexity index is 2000. The molecule has 3 aromatic carbocycles. The molecule has 6 nitrogen and oxygen atoms in total. The maximum absolute atomic E-state index is 13.8. The number of aliphatic hydroxyl groups is 1. The molecule has 0 saturated heterocycles. The molecule has 2 aliphatic rings. The molecule has 0 aromatic heterocycles. The van der Waals surface area contributed by atoms with Gasteiger partial charge in [-0.05, 0) is 99.9 Å². The van der Waals surface area contributed by atoms with Gasteiger partial charge in [-0.25, -0.2) is 0 Å². The number of allylic oxidation sites excluding steroid dienone is 6. The highest BCUT2D eigenvalue weighted by Gasteiger charge is 2.40. The Balaban J connectivity index is 1.46. The molecule has 2 aliphatic carbocycles. The van der Waals surface area contributed by atoms with Crippen LogP contribution in [0, 0.1) is 39.5 Å². The summed E-state index contributed by atoms with van der Waals surface area (Å²) in [6.45, 7) is 18.8. The number of unbranched alkanes of at least 4 members (excludes halogenated alkanes) is 2. The first kappa shape index (κ1) is 40.3. The zero-order valence-corrected chi connectivity index (χ0v) is 33.8. The largest absolute Gasteiger partial charge is 0.507 e. The van der Waals surface area contributed by atoms with Gasteiger partial charge in [0.25, 0.3) is 0 Å². The number of carbonyl (C=O) groups is 2. The topological polar surface area (TPSA) is 81.1 Å². The first-order valence-electron chi connectivity index (χ1n) is 20.1. The first-order valence-corrected chi connectivity index (χ1v) is 20.1. The maximum Gasteiger partial charge on any atom is 0.202 e. The fourth-order valence-electron chi connectivity index (χ4n) is 7.94. The van der Waals surface area contributed by atoms with E-state index in [-0.39, 0.29) is 39.6 Å². The van der Waals surface area contributed by atoms with Gasteiger partial charge in [0.1, 0.15) is 11.5 Å². The first-order chi connectivity index (χ1) is 25.9. The number of phenolic OH excluding ortho intramolecular Hbond substituents is 1. The van der Waals surface area contributed by atoms with Gasteiger partial charge in [-0.3, -0.25) is 9.59 Å². The number of phenols is 1. The zero-order valence-electron chi connectivity index (χ0n) is 33.8. The van der Waals surface area contributed by atoms with Crippen LogP contribution in [0.25, 0.3) is 5.57 Å². The fourth-order valence-corrected chi connectivity index (χ4v) is 7.94. The van der Waals surface area contributed by atoms with Crippen LogP contribution in [0.2, 0.25) is 0 Å². The van der Waals surface area contributed by atoms with Crippen molar-refractivity contribution in [2.45, 2.75) is 107 Å². The molecule has 0 heterocycles. The van der Waals surface area contributed by atoms with Crippen LogP contribution in [0.3, 0.4) is 0 Å². The summed E-state index contributed by atoms with van der Waals surface area (Å²) in [5.41, 5.74) is 8.82. The number of hydrogen-bond acceptors (Lipinski definition) is 6.